The van der Waals surface area contributed by atoms with E-state index < -0.39 is 0 Å². The van der Waals surface area contributed by atoms with Crippen LogP contribution in [0.2, 0.25) is 0 Å². The standard InChI is InChI=1S/C14H24N6/c1-11(2)5-15-6-13-7-19(10-17-13)8-14-16-9-18-20(14)12(3)4/h7,9-12,15H,5-6,8H2,1-4H3. The average Bonchev–Trinajstić information content (AvgIpc) is 2.99. The second-order valence-electron chi connectivity index (χ2n) is 5.78. The summed E-state index contributed by atoms with van der Waals surface area (Å²) in [5, 5.41) is 7.64. The van der Waals surface area contributed by atoms with Gasteiger partial charge in [-0.05, 0) is 26.3 Å². The first kappa shape index (κ1) is 14.7. The Kier molecular flexibility index (Phi) is 4.89. The number of hydrogen-bond acceptors (Lipinski definition) is 4. The Morgan fingerprint density at radius 2 is 2.00 bits per heavy atom. The van der Waals surface area contributed by atoms with Crippen molar-refractivity contribution >= 4 is 0 Å². The van der Waals surface area contributed by atoms with Gasteiger partial charge in [-0.1, -0.05) is 13.8 Å². The summed E-state index contributed by atoms with van der Waals surface area (Å²) in [5.74, 6) is 1.61. The Balaban J connectivity index is 1.94. The minimum Gasteiger partial charge on any atom is -0.330 e. The first-order valence-electron chi connectivity index (χ1n) is 7.16. The van der Waals surface area contributed by atoms with E-state index in [9.17, 15) is 0 Å². The summed E-state index contributed by atoms with van der Waals surface area (Å²) < 4.78 is 3.99. The third-order valence-corrected chi connectivity index (χ3v) is 3.01. The van der Waals surface area contributed by atoms with Crippen LogP contribution in [0.1, 0.15) is 45.3 Å². The molecule has 0 unspecified atom stereocenters. The first-order chi connectivity index (χ1) is 9.56. The van der Waals surface area contributed by atoms with Gasteiger partial charge in [-0.25, -0.2) is 14.6 Å². The Hall–Kier alpha value is -1.69. The number of imidazole rings is 1. The van der Waals surface area contributed by atoms with Gasteiger partial charge < -0.3 is 9.88 Å². The summed E-state index contributed by atoms with van der Waals surface area (Å²) in [6.07, 6.45) is 5.52. The monoisotopic (exact) mass is 276 g/mol. The number of aromatic nitrogens is 5. The highest BCUT2D eigenvalue weighted by Gasteiger charge is 2.08. The van der Waals surface area contributed by atoms with Crippen LogP contribution < -0.4 is 5.32 Å². The Labute approximate surface area is 120 Å². The third kappa shape index (κ3) is 3.90. The maximum Gasteiger partial charge on any atom is 0.147 e. The molecule has 0 fully saturated rings. The molecule has 2 aromatic rings. The molecular weight excluding hydrogens is 252 g/mol. The van der Waals surface area contributed by atoms with Crippen molar-refractivity contribution in [1.29, 1.82) is 0 Å². The maximum atomic E-state index is 4.41. The van der Waals surface area contributed by atoms with Gasteiger partial charge in [0.15, 0.2) is 0 Å². The number of nitrogens with zero attached hydrogens (tertiary/aromatic N) is 5. The molecule has 0 spiro atoms. The summed E-state index contributed by atoms with van der Waals surface area (Å²) in [4.78, 5) is 8.73. The Morgan fingerprint density at radius 3 is 2.70 bits per heavy atom. The number of nitrogens with one attached hydrogen (secondary N) is 1. The smallest absolute Gasteiger partial charge is 0.147 e. The van der Waals surface area contributed by atoms with E-state index in [1.165, 1.54) is 0 Å². The van der Waals surface area contributed by atoms with Crippen molar-refractivity contribution in [2.24, 2.45) is 5.92 Å². The van der Waals surface area contributed by atoms with Crippen LogP contribution in [0, 0.1) is 5.92 Å². The van der Waals surface area contributed by atoms with Crippen LogP contribution in [0.4, 0.5) is 0 Å². The summed E-state index contributed by atoms with van der Waals surface area (Å²) in [6.45, 7) is 11.1. The quantitative estimate of drug-likeness (QED) is 0.838. The van der Waals surface area contributed by atoms with Gasteiger partial charge >= 0.3 is 0 Å². The highest BCUT2D eigenvalue weighted by atomic mass is 15.4. The lowest BCUT2D eigenvalue weighted by atomic mass is 10.2. The van der Waals surface area contributed by atoms with E-state index in [4.69, 9.17) is 0 Å². The van der Waals surface area contributed by atoms with Gasteiger partial charge in [0, 0.05) is 18.8 Å². The van der Waals surface area contributed by atoms with Crippen molar-refractivity contribution in [3.8, 4) is 0 Å². The normalized spacial score (nSPS) is 11.7. The Morgan fingerprint density at radius 1 is 1.20 bits per heavy atom. The molecule has 0 aliphatic rings. The fraction of sp³-hybridized carbons (Fsp3) is 0.643. The molecule has 0 aromatic carbocycles. The predicted molar refractivity (Wildman–Crippen MR) is 78.3 cm³/mol. The zero-order chi connectivity index (χ0) is 14.5. The zero-order valence-corrected chi connectivity index (χ0v) is 12.7. The summed E-state index contributed by atoms with van der Waals surface area (Å²) in [6, 6.07) is 0.322. The molecule has 0 saturated carbocycles. The van der Waals surface area contributed by atoms with Gasteiger partial charge in [0.1, 0.15) is 12.2 Å². The van der Waals surface area contributed by atoms with Gasteiger partial charge in [0.2, 0.25) is 0 Å². The third-order valence-electron chi connectivity index (χ3n) is 3.01. The first-order valence-corrected chi connectivity index (χ1v) is 7.16. The SMILES string of the molecule is CC(C)CNCc1cn(Cc2ncnn2C(C)C)cn1. The van der Waals surface area contributed by atoms with Crippen molar-refractivity contribution < 1.29 is 0 Å². The minimum absolute atomic E-state index is 0.322. The summed E-state index contributed by atoms with van der Waals surface area (Å²) >= 11 is 0. The lowest BCUT2D eigenvalue weighted by molar-refractivity contribution is 0.496. The van der Waals surface area contributed by atoms with E-state index in [2.05, 4.69) is 58.8 Å². The van der Waals surface area contributed by atoms with Gasteiger partial charge in [-0.3, -0.25) is 0 Å². The number of hydrogen-bond donors (Lipinski definition) is 1. The van der Waals surface area contributed by atoms with Crippen molar-refractivity contribution in [2.45, 2.75) is 46.8 Å². The second kappa shape index (κ2) is 6.65. The predicted octanol–water partition coefficient (Wildman–Crippen LogP) is 1.85. The molecule has 2 heterocycles. The molecule has 1 N–H and O–H groups in total. The van der Waals surface area contributed by atoms with Crippen molar-refractivity contribution in [1.82, 2.24) is 29.6 Å². The molecular formula is C14H24N6. The van der Waals surface area contributed by atoms with E-state index >= 15 is 0 Å². The van der Waals surface area contributed by atoms with Gasteiger partial charge in [0.25, 0.3) is 0 Å². The molecule has 2 aromatic heterocycles. The lowest BCUT2D eigenvalue weighted by Gasteiger charge is -2.09. The van der Waals surface area contributed by atoms with Crippen LogP contribution >= 0.6 is 0 Å². The molecule has 2 rings (SSSR count). The molecule has 0 amide bonds. The maximum absolute atomic E-state index is 4.41. The molecule has 0 aliphatic carbocycles. The van der Waals surface area contributed by atoms with E-state index in [1.807, 2.05) is 11.0 Å². The van der Waals surface area contributed by atoms with Crippen molar-refractivity contribution in [3.05, 3.63) is 30.4 Å². The van der Waals surface area contributed by atoms with E-state index in [-0.39, 0.29) is 0 Å². The highest BCUT2D eigenvalue weighted by Crippen LogP contribution is 2.07. The number of rotatable bonds is 7. The molecule has 0 bridgehead atoms. The fourth-order valence-electron chi connectivity index (χ4n) is 2.05. The van der Waals surface area contributed by atoms with Gasteiger partial charge in [0.05, 0.1) is 18.6 Å². The molecule has 0 atom stereocenters. The van der Waals surface area contributed by atoms with Gasteiger partial charge in [-0.15, -0.1) is 0 Å². The summed E-state index contributed by atoms with van der Waals surface area (Å²) in [5.41, 5.74) is 1.06. The minimum atomic E-state index is 0.322. The molecule has 0 radical (unpaired) electrons. The Bertz CT molecular complexity index is 525. The van der Waals surface area contributed by atoms with Crippen LogP contribution in [0.15, 0.2) is 18.9 Å². The van der Waals surface area contributed by atoms with Crippen molar-refractivity contribution in [2.75, 3.05) is 6.54 Å². The highest BCUT2D eigenvalue weighted by molar-refractivity contribution is 4.99. The molecule has 20 heavy (non-hydrogen) atoms. The van der Waals surface area contributed by atoms with E-state index in [0.717, 1.165) is 24.6 Å². The second-order valence-corrected chi connectivity index (χ2v) is 5.78. The van der Waals surface area contributed by atoms with Crippen LogP contribution in [-0.4, -0.2) is 30.9 Å². The van der Waals surface area contributed by atoms with E-state index in [1.54, 1.807) is 6.33 Å². The molecule has 0 saturated heterocycles. The molecule has 6 heteroatoms. The molecule has 110 valence electrons. The lowest BCUT2D eigenvalue weighted by Crippen LogP contribution is -2.19. The summed E-state index contributed by atoms with van der Waals surface area (Å²) in [7, 11) is 0. The van der Waals surface area contributed by atoms with Crippen LogP contribution in [0.5, 0.6) is 0 Å². The van der Waals surface area contributed by atoms with Crippen LogP contribution in [0.25, 0.3) is 0 Å². The van der Waals surface area contributed by atoms with Crippen LogP contribution in [0.3, 0.4) is 0 Å². The zero-order valence-electron chi connectivity index (χ0n) is 12.7. The molecule has 0 aliphatic heterocycles. The largest absolute Gasteiger partial charge is 0.330 e. The average molecular weight is 276 g/mol. The molecule has 6 nitrogen and oxygen atoms in total. The van der Waals surface area contributed by atoms with E-state index in [0.29, 0.717) is 18.5 Å². The van der Waals surface area contributed by atoms with Crippen LogP contribution in [-0.2, 0) is 13.1 Å². The van der Waals surface area contributed by atoms with Gasteiger partial charge in [-0.2, -0.15) is 5.10 Å². The topological polar surface area (TPSA) is 60.6 Å². The van der Waals surface area contributed by atoms with Crippen molar-refractivity contribution in [3.63, 3.8) is 0 Å². The fourth-order valence-corrected chi connectivity index (χ4v) is 2.05.